The molecule has 1 atom stereocenters. The van der Waals surface area contributed by atoms with E-state index >= 15 is 0 Å². The third-order valence-corrected chi connectivity index (χ3v) is 4.01. The molecule has 0 bridgehead atoms. The van der Waals surface area contributed by atoms with Crippen LogP contribution in [-0.4, -0.2) is 34.4 Å². The van der Waals surface area contributed by atoms with Gasteiger partial charge in [-0.3, -0.25) is 4.79 Å². The zero-order valence-electron chi connectivity index (χ0n) is 14.3. The number of nitrogens with zero attached hydrogens (tertiary/aromatic N) is 3. The van der Waals surface area contributed by atoms with Crippen LogP contribution in [0.25, 0.3) is 5.65 Å². The Morgan fingerprint density at radius 1 is 1.12 bits per heavy atom. The van der Waals surface area contributed by atoms with E-state index in [1.54, 1.807) is 24.6 Å². The molecule has 0 aliphatic heterocycles. The van der Waals surface area contributed by atoms with E-state index in [9.17, 15) is 9.59 Å². The van der Waals surface area contributed by atoms with Crippen LogP contribution < -0.4 is 4.90 Å². The van der Waals surface area contributed by atoms with Crippen LogP contribution in [0.4, 0.5) is 5.69 Å². The molecule has 2 heterocycles. The third kappa shape index (κ3) is 3.38. The van der Waals surface area contributed by atoms with Gasteiger partial charge in [0.1, 0.15) is 5.65 Å². The van der Waals surface area contributed by atoms with Crippen LogP contribution in [0.5, 0.6) is 0 Å². The number of aromatic nitrogens is 2. The van der Waals surface area contributed by atoms with Crippen LogP contribution in [0, 0.1) is 6.92 Å². The van der Waals surface area contributed by atoms with Crippen LogP contribution in [0.15, 0.2) is 54.7 Å². The Kier molecular flexibility index (Phi) is 4.52. The summed E-state index contributed by atoms with van der Waals surface area (Å²) in [6, 6.07) is 14.8. The molecule has 6 heteroatoms. The van der Waals surface area contributed by atoms with Crippen LogP contribution in [-0.2, 0) is 9.53 Å². The number of hydrogen-bond acceptors (Lipinski definition) is 4. The Hall–Kier alpha value is -3.15. The molecule has 0 unspecified atom stereocenters. The monoisotopic (exact) mass is 337 g/mol. The van der Waals surface area contributed by atoms with Crippen molar-refractivity contribution in [2.75, 3.05) is 11.9 Å². The van der Waals surface area contributed by atoms with Gasteiger partial charge in [0.15, 0.2) is 11.8 Å². The van der Waals surface area contributed by atoms with Crippen molar-refractivity contribution in [2.45, 2.75) is 20.0 Å². The molecule has 0 aliphatic carbocycles. The minimum absolute atomic E-state index is 0.177. The van der Waals surface area contributed by atoms with Crippen molar-refractivity contribution in [1.82, 2.24) is 9.38 Å². The lowest BCUT2D eigenvalue weighted by Gasteiger charge is -2.21. The van der Waals surface area contributed by atoms with Crippen LogP contribution in [0.2, 0.25) is 0 Å². The number of carbonyl (C=O) groups is 2. The first-order valence-electron chi connectivity index (χ1n) is 7.95. The number of fused-ring (bicyclic) bond motifs is 1. The summed E-state index contributed by atoms with van der Waals surface area (Å²) in [5, 5.41) is 0. The Labute approximate surface area is 145 Å². The maximum atomic E-state index is 12.5. The summed E-state index contributed by atoms with van der Waals surface area (Å²) < 4.78 is 7.11. The van der Waals surface area contributed by atoms with Crippen LogP contribution in [0.3, 0.4) is 0 Å². The molecule has 3 rings (SSSR count). The molecule has 0 saturated carbocycles. The van der Waals surface area contributed by atoms with Gasteiger partial charge < -0.3 is 14.0 Å². The highest BCUT2D eigenvalue weighted by Gasteiger charge is 2.24. The maximum Gasteiger partial charge on any atom is 0.359 e. The van der Waals surface area contributed by atoms with E-state index in [4.69, 9.17) is 4.74 Å². The van der Waals surface area contributed by atoms with E-state index in [0.29, 0.717) is 5.65 Å². The second kappa shape index (κ2) is 6.76. The van der Waals surface area contributed by atoms with Crippen LogP contribution in [0.1, 0.15) is 23.1 Å². The van der Waals surface area contributed by atoms with Gasteiger partial charge in [-0.1, -0.05) is 24.3 Å². The minimum Gasteiger partial charge on any atom is -0.448 e. The van der Waals surface area contributed by atoms with E-state index in [1.807, 2.05) is 55.5 Å². The van der Waals surface area contributed by atoms with Gasteiger partial charge in [-0.2, -0.15) is 0 Å². The van der Waals surface area contributed by atoms with E-state index in [0.717, 1.165) is 11.4 Å². The van der Waals surface area contributed by atoms with Gasteiger partial charge in [0.25, 0.3) is 5.91 Å². The normalized spacial score (nSPS) is 12.0. The fraction of sp³-hybridized carbons (Fsp3) is 0.211. The number of imidazole rings is 1. The second-order valence-corrected chi connectivity index (χ2v) is 5.80. The van der Waals surface area contributed by atoms with Crippen molar-refractivity contribution in [3.63, 3.8) is 0 Å². The van der Waals surface area contributed by atoms with E-state index in [2.05, 4.69) is 4.98 Å². The fourth-order valence-electron chi connectivity index (χ4n) is 2.57. The molecule has 1 amide bonds. The average Bonchev–Trinajstić information content (AvgIpc) is 3.07. The van der Waals surface area contributed by atoms with Crippen molar-refractivity contribution in [2.24, 2.45) is 0 Å². The van der Waals surface area contributed by atoms with Crippen molar-refractivity contribution in [3.8, 4) is 0 Å². The van der Waals surface area contributed by atoms with Gasteiger partial charge in [0.2, 0.25) is 0 Å². The third-order valence-electron chi connectivity index (χ3n) is 4.01. The van der Waals surface area contributed by atoms with Crippen LogP contribution >= 0.6 is 0 Å². The lowest BCUT2D eigenvalue weighted by Crippen LogP contribution is -2.37. The number of anilines is 1. The molecule has 0 N–H and O–H groups in total. The first-order chi connectivity index (χ1) is 12.0. The van der Waals surface area contributed by atoms with Gasteiger partial charge >= 0.3 is 5.97 Å². The molecule has 0 saturated heterocycles. The lowest BCUT2D eigenvalue weighted by molar-refractivity contribution is -0.126. The first-order valence-corrected chi connectivity index (χ1v) is 7.95. The van der Waals surface area contributed by atoms with Crippen molar-refractivity contribution < 1.29 is 14.3 Å². The number of ether oxygens (including phenoxy) is 1. The molecule has 0 spiro atoms. The second-order valence-electron chi connectivity index (χ2n) is 5.80. The smallest absolute Gasteiger partial charge is 0.359 e. The number of rotatable bonds is 4. The van der Waals surface area contributed by atoms with Gasteiger partial charge in [0, 0.05) is 24.6 Å². The largest absolute Gasteiger partial charge is 0.448 e. The number of aryl methyl sites for hydroxylation is 1. The van der Waals surface area contributed by atoms with Gasteiger partial charge in [-0.15, -0.1) is 0 Å². The fourth-order valence-corrected chi connectivity index (χ4v) is 2.57. The van der Waals surface area contributed by atoms with E-state index in [1.165, 1.54) is 4.90 Å². The summed E-state index contributed by atoms with van der Waals surface area (Å²) in [4.78, 5) is 30.5. The Morgan fingerprint density at radius 2 is 1.84 bits per heavy atom. The summed E-state index contributed by atoms with van der Waals surface area (Å²) >= 11 is 0. The highest BCUT2D eigenvalue weighted by atomic mass is 16.5. The van der Waals surface area contributed by atoms with Crippen molar-refractivity contribution in [1.29, 1.82) is 0 Å². The predicted molar refractivity (Wildman–Crippen MR) is 94.7 cm³/mol. The zero-order chi connectivity index (χ0) is 18.0. The van der Waals surface area contributed by atoms with Crippen molar-refractivity contribution >= 4 is 23.2 Å². The van der Waals surface area contributed by atoms with Gasteiger partial charge in [-0.25, -0.2) is 9.78 Å². The Balaban J connectivity index is 1.73. The maximum absolute atomic E-state index is 12.5. The Bertz CT molecular complexity index is 918. The number of benzene rings is 1. The summed E-state index contributed by atoms with van der Waals surface area (Å²) in [6.07, 6.45) is 0.703. The van der Waals surface area contributed by atoms with Gasteiger partial charge in [0.05, 0.1) is 0 Å². The predicted octanol–water partition coefficient (Wildman–Crippen LogP) is 2.85. The molecular weight excluding hydrogens is 318 g/mol. The highest BCUT2D eigenvalue weighted by Crippen LogP contribution is 2.14. The molecule has 0 radical (unpaired) electrons. The molecule has 0 fully saturated rings. The SMILES string of the molecule is Cc1cccc2nc(C(=O)O[C@@H](C)C(=O)N(C)c3ccccc3)cn12. The van der Waals surface area contributed by atoms with Gasteiger partial charge in [-0.05, 0) is 38.1 Å². The number of amides is 1. The molecule has 0 aliphatic rings. The lowest BCUT2D eigenvalue weighted by atomic mass is 10.2. The summed E-state index contributed by atoms with van der Waals surface area (Å²) in [5.41, 5.74) is 2.53. The zero-order valence-corrected chi connectivity index (χ0v) is 14.3. The van der Waals surface area contributed by atoms with Crippen molar-refractivity contribution in [3.05, 3.63) is 66.1 Å². The first kappa shape index (κ1) is 16.7. The van der Waals surface area contributed by atoms with E-state index < -0.39 is 12.1 Å². The number of pyridine rings is 1. The standard InChI is InChI=1S/C19H19N3O3/c1-13-8-7-11-17-20-16(12-22(13)17)19(24)25-14(2)18(23)21(3)15-9-5-4-6-10-15/h4-12,14H,1-3H3/t14-/m0/s1. The summed E-state index contributed by atoms with van der Waals surface area (Å²) in [6.45, 7) is 3.48. The highest BCUT2D eigenvalue weighted by molar-refractivity contribution is 5.98. The number of carbonyl (C=O) groups excluding carboxylic acids is 2. The topological polar surface area (TPSA) is 63.9 Å². The molecular formula is C19H19N3O3. The average molecular weight is 337 g/mol. The van der Waals surface area contributed by atoms with E-state index in [-0.39, 0.29) is 11.6 Å². The number of para-hydroxylation sites is 1. The molecule has 2 aromatic heterocycles. The molecule has 1 aromatic carbocycles. The summed E-state index contributed by atoms with van der Waals surface area (Å²) in [7, 11) is 1.65. The molecule has 128 valence electrons. The number of esters is 1. The molecule has 25 heavy (non-hydrogen) atoms. The molecule has 3 aromatic rings. The quantitative estimate of drug-likeness (QED) is 0.687. The minimum atomic E-state index is -0.913. The number of hydrogen-bond donors (Lipinski definition) is 0. The number of likely N-dealkylation sites (N-methyl/N-ethyl adjacent to an activating group) is 1. The molecule has 6 nitrogen and oxygen atoms in total. The summed E-state index contributed by atoms with van der Waals surface area (Å²) in [5.74, 6) is -0.926. The Morgan fingerprint density at radius 3 is 2.52 bits per heavy atom.